The van der Waals surface area contributed by atoms with Crippen LogP contribution in [-0.4, -0.2) is 98.7 Å². The van der Waals surface area contributed by atoms with Crippen molar-refractivity contribution in [1.29, 1.82) is 0 Å². The van der Waals surface area contributed by atoms with Crippen LogP contribution in [0.3, 0.4) is 0 Å². The van der Waals surface area contributed by atoms with Crippen LogP contribution in [0.25, 0.3) is 0 Å². The van der Waals surface area contributed by atoms with Gasteiger partial charge in [0.2, 0.25) is 23.6 Å². The molecular weight excluding hydrogens is 634 g/mol. The van der Waals surface area contributed by atoms with E-state index < -0.39 is 78.8 Å². The largest absolute Gasteiger partial charge is 0.481 e. The third kappa shape index (κ3) is 19.8. The van der Waals surface area contributed by atoms with E-state index in [2.05, 4.69) is 26.6 Å². The molecule has 14 heteroatoms. The summed E-state index contributed by atoms with van der Waals surface area (Å²) in [7, 11) is 0. The third-order valence-electron chi connectivity index (χ3n) is 7.92. The van der Waals surface area contributed by atoms with E-state index in [4.69, 9.17) is 5.11 Å². The van der Waals surface area contributed by atoms with Crippen molar-refractivity contribution < 1.29 is 44.4 Å². The smallest absolute Gasteiger partial charge is 0.306 e. The normalized spacial score (nSPS) is 16.9. The number of nitrogens with one attached hydrogen (secondary N) is 5. The van der Waals surface area contributed by atoms with Crippen molar-refractivity contribution in [2.24, 2.45) is 29.6 Å². The summed E-state index contributed by atoms with van der Waals surface area (Å²) < 4.78 is 0. The first-order valence-corrected chi connectivity index (χ1v) is 17.8. The minimum atomic E-state index is -1.36. The number of hydrogen-bond acceptors (Lipinski definition) is 9. The fourth-order valence-electron chi connectivity index (χ4n) is 5.48. The van der Waals surface area contributed by atoms with E-state index in [1.165, 1.54) is 6.92 Å². The molecule has 0 aliphatic rings. The zero-order chi connectivity index (χ0) is 38.2. The van der Waals surface area contributed by atoms with Crippen LogP contribution in [0.1, 0.15) is 115 Å². The molecule has 0 radical (unpaired) electrons. The van der Waals surface area contributed by atoms with Gasteiger partial charge in [-0.25, -0.2) is 0 Å². The first kappa shape index (κ1) is 46.2. The molecule has 0 aromatic carbocycles. The number of aliphatic hydroxyl groups is 3. The Balaban J connectivity index is 5.64. The zero-order valence-corrected chi connectivity index (χ0v) is 31.6. The van der Waals surface area contributed by atoms with E-state index in [9.17, 15) is 39.3 Å². The van der Waals surface area contributed by atoms with Gasteiger partial charge in [-0.1, -0.05) is 69.2 Å². The number of aliphatic carboxylic acids is 1. The first-order valence-electron chi connectivity index (χ1n) is 17.8. The summed E-state index contributed by atoms with van der Waals surface area (Å²) in [6.45, 7) is 20.3. The zero-order valence-electron chi connectivity index (χ0n) is 31.6. The Morgan fingerprint density at radius 2 is 1.02 bits per heavy atom. The van der Waals surface area contributed by atoms with Gasteiger partial charge < -0.3 is 41.7 Å². The van der Waals surface area contributed by atoms with Crippen molar-refractivity contribution in [2.75, 3.05) is 0 Å². The highest BCUT2D eigenvalue weighted by Crippen LogP contribution is 2.16. The molecule has 0 aromatic rings. The van der Waals surface area contributed by atoms with Gasteiger partial charge in [0.25, 0.3) is 0 Å². The fourth-order valence-corrected chi connectivity index (χ4v) is 5.48. The van der Waals surface area contributed by atoms with Crippen LogP contribution >= 0.6 is 0 Å². The second-order valence-electron chi connectivity index (χ2n) is 15.4. The van der Waals surface area contributed by atoms with Crippen molar-refractivity contribution >= 4 is 29.6 Å². The molecule has 0 unspecified atom stereocenters. The number of carboxylic acid groups (broad SMARTS) is 1. The quantitative estimate of drug-likeness (QED) is 0.0662. The Bertz CT molecular complexity index is 1040. The molecule has 0 spiro atoms. The summed E-state index contributed by atoms with van der Waals surface area (Å²) in [6, 6.07) is -4.36. The fraction of sp³-hybridized carbons (Fsp3) is 0.857. The van der Waals surface area contributed by atoms with Crippen molar-refractivity contribution in [3.63, 3.8) is 0 Å². The van der Waals surface area contributed by atoms with E-state index in [0.29, 0.717) is 19.3 Å². The van der Waals surface area contributed by atoms with Gasteiger partial charge in [-0.15, -0.1) is 0 Å². The molecule has 14 nitrogen and oxygen atoms in total. The maximum Gasteiger partial charge on any atom is 0.306 e. The topological polar surface area (TPSA) is 226 Å². The molecule has 0 rings (SSSR count). The number of rotatable bonds is 24. The second-order valence-corrected chi connectivity index (χ2v) is 15.4. The van der Waals surface area contributed by atoms with Crippen LogP contribution in [0.4, 0.5) is 0 Å². The van der Waals surface area contributed by atoms with Gasteiger partial charge in [0.1, 0.15) is 18.3 Å². The molecule has 0 saturated carbocycles. The lowest BCUT2D eigenvalue weighted by Crippen LogP contribution is -2.58. The Hall–Kier alpha value is -2.81. The minimum absolute atomic E-state index is 0.0450. The Kier molecular flexibility index (Phi) is 21.5. The highest BCUT2D eigenvalue weighted by atomic mass is 16.4. The molecule has 4 amide bonds. The molecule has 286 valence electrons. The Morgan fingerprint density at radius 3 is 1.47 bits per heavy atom. The molecule has 0 fully saturated rings. The second kappa shape index (κ2) is 22.8. The third-order valence-corrected chi connectivity index (χ3v) is 7.92. The van der Waals surface area contributed by atoms with E-state index in [1.807, 2.05) is 55.4 Å². The monoisotopic (exact) mass is 701 g/mol. The van der Waals surface area contributed by atoms with E-state index in [-0.39, 0.29) is 48.3 Å². The van der Waals surface area contributed by atoms with E-state index >= 15 is 0 Å². The summed E-state index contributed by atoms with van der Waals surface area (Å²) in [4.78, 5) is 63.4. The highest BCUT2D eigenvalue weighted by Gasteiger charge is 2.33. The maximum absolute atomic E-state index is 13.6. The number of carboxylic acids is 1. The molecule has 49 heavy (non-hydrogen) atoms. The molecule has 8 atom stereocenters. The average Bonchev–Trinajstić information content (AvgIpc) is 2.92. The van der Waals surface area contributed by atoms with Crippen molar-refractivity contribution in [2.45, 2.75) is 163 Å². The van der Waals surface area contributed by atoms with Crippen molar-refractivity contribution in [3.05, 3.63) is 0 Å². The lowest BCUT2D eigenvalue weighted by molar-refractivity contribution is -0.140. The summed E-state index contributed by atoms with van der Waals surface area (Å²) in [6.07, 6.45) is -3.32. The van der Waals surface area contributed by atoms with Gasteiger partial charge in [-0.05, 0) is 55.8 Å². The van der Waals surface area contributed by atoms with Crippen LogP contribution in [0, 0.1) is 29.6 Å². The summed E-state index contributed by atoms with van der Waals surface area (Å²) in [5, 5.41) is 55.1. The predicted molar refractivity (Wildman–Crippen MR) is 188 cm³/mol. The summed E-state index contributed by atoms with van der Waals surface area (Å²) in [5.41, 5.74) is 0. The van der Waals surface area contributed by atoms with Crippen LogP contribution in [0.2, 0.25) is 0 Å². The molecule has 0 aliphatic carbocycles. The highest BCUT2D eigenvalue weighted by molar-refractivity contribution is 5.92. The Morgan fingerprint density at radius 1 is 0.531 bits per heavy atom. The van der Waals surface area contributed by atoms with Crippen LogP contribution in [0.5, 0.6) is 0 Å². The molecule has 0 aromatic heterocycles. The molecule has 0 heterocycles. The summed E-state index contributed by atoms with van der Waals surface area (Å²) >= 11 is 0. The number of aliphatic hydroxyl groups excluding tert-OH is 3. The van der Waals surface area contributed by atoms with Crippen molar-refractivity contribution in [3.8, 4) is 0 Å². The number of carbonyl (C=O) groups excluding carboxylic acids is 4. The molecule has 0 bridgehead atoms. The number of carbonyl (C=O) groups is 5. The van der Waals surface area contributed by atoms with Gasteiger partial charge in [-0.3, -0.25) is 29.3 Å². The Labute approximate surface area is 293 Å². The molecule has 9 N–H and O–H groups in total. The molecule has 0 saturated heterocycles. The lowest BCUT2D eigenvalue weighted by Gasteiger charge is -2.32. The number of amides is 4. The van der Waals surface area contributed by atoms with Gasteiger partial charge >= 0.3 is 5.97 Å². The minimum Gasteiger partial charge on any atom is -0.481 e. The first-order chi connectivity index (χ1) is 22.5. The predicted octanol–water partition coefficient (Wildman–Crippen LogP) is 1.65. The summed E-state index contributed by atoms with van der Waals surface area (Å²) in [5.74, 6) is -3.00. The van der Waals surface area contributed by atoms with Crippen LogP contribution < -0.4 is 26.6 Å². The lowest BCUT2D eigenvalue weighted by atomic mass is 9.95. The molecule has 0 aliphatic heterocycles. The number of hydrogen-bond donors (Lipinski definition) is 9. The van der Waals surface area contributed by atoms with Gasteiger partial charge in [0.05, 0.1) is 36.8 Å². The maximum atomic E-state index is 13.6. The molecular formula is C35H67N5O9. The SMILES string of the molecule is CC(C)CC(=O)N[C@@H](CC(C)C)C(=O)N[C@H](C(=O)N[C@@H](CC(C)C)[C@@H](O)C[C@@H](O)N[C@@H](C)C(=O)N[C@@H](CC(C)C)[C@@H](O)CC(=O)O)C(C)C. The standard InChI is InChI=1S/C35H67N5O9/c1-18(2)12-24(27(41)16-30(44)36-23(11)33(47)38-25(13-19(3)4)28(42)17-31(45)46)39-35(49)32(22(9)10)40-34(48)26(14-20(5)6)37-29(43)15-21(7)8/h18-28,30,32,36,41-42,44H,12-17H2,1-11H3,(H,37,43)(H,38,47)(H,39,49)(H,40,48)(H,45,46)/t23-,24-,25-,26-,27-,28-,30+,32-/m0/s1. The van der Waals surface area contributed by atoms with Gasteiger partial charge in [0, 0.05) is 12.8 Å². The van der Waals surface area contributed by atoms with Crippen LogP contribution in [0.15, 0.2) is 0 Å². The van der Waals surface area contributed by atoms with E-state index in [1.54, 1.807) is 13.8 Å². The van der Waals surface area contributed by atoms with E-state index in [0.717, 1.165) is 0 Å². The van der Waals surface area contributed by atoms with Gasteiger partial charge in [0.15, 0.2) is 0 Å². The van der Waals surface area contributed by atoms with Crippen LogP contribution in [-0.2, 0) is 24.0 Å². The average molecular weight is 702 g/mol. The van der Waals surface area contributed by atoms with Crippen molar-refractivity contribution in [1.82, 2.24) is 26.6 Å². The van der Waals surface area contributed by atoms with Gasteiger partial charge in [-0.2, -0.15) is 0 Å².